The molecule has 1 aromatic carbocycles. The van der Waals surface area contributed by atoms with Crippen LogP contribution in [0.5, 0.6) is 5.75 Å². The summed E-state index contributed by atoms with van der Waals surface area (Å²) in [6.45, 7) is 0.998. The fourth-order valence-corrected chi connectivity index (χ4v) is 0.913. The third-order valence-electron chi connectivity index (χ3n) is 1.35. The summed E-state index contributed by atoms with van der Waals surface area (Å²) in [5.74, 6) is 0.707. The molecule has 0 saturated carbocycles. The van der Waals surface area contributed by atoms with E-state index in [1.165, 1.54) is 0 Å². The summed E-state index contributed by atoms with van der Waals surface area (Å²) in [5, 5.41) is 0.663. The van der Waals surface area contributed by atoms with E-state index in [2.05, 4.69) is 4.74 Å². The van der Waals surface area contributed by atoms with Crippen molar-refractivity contribution in [3.63, 3.8) is 0 Å². The van der Waals surface area contributed by atoms with E-state index >= 15 is 0 Å². The molecule has 4 heteroatoms. The van der Waals surface area contributed by atoms with Crippen molar-refractivity contribution in [2.24, 2.45) is 0 Å². The highest BCUT2D eigenvalue weighted by Gasteiger charge is 1.92. The van der Waals surface area contributed by atoms with Crippen LogP contribution in [0.1, 0.15) is 0 Å². The van der Waals surface area contributed by atoms with Crippen LogP contribution < -0.4 is 4.74 Å². The van der Waals surface area contributed by atoms with Crippen LogP contribution in [0.25, 0.3) is 0 Å². The predicted molar refractivity (Wildman–Crippen MR) is 49.0 cm³/mol. The monoisotopic (exact) mass is 200 g/mol. The van der Waals surface area contributed by atoms with Gasteiger partial charge in [0.15, 0.2) is 0 Å². The Hall–Kier alpha value is -1.22. The Morgan fingerprint density at radius 3 is 2.54 bits per heavy atom. The third kappa shape index (κ3) is 3.80. The molecule has 0 fully saturated rings. The van der Waals surface area contributed by atoms with Crippen LogP contribution in [0.2, 0.25) is 5.02 Å². The lowest BCUT2D eigenvalue weighted by molar-refractivity contribution is -0.129. The molecule has 3 nitrogen and oxygen atoms in total. The Bertz CT molecular complexity index is 258. The van der Waals surface area contributed by atoms with Crippen LogP contribution in [0.15, 0.2) is 24.3 Å². The first-order chi connectivity index (χ1) is 6.33. The van der Waals surface area contributed by atoms with E-state index in [4.69, 9.17) is 16.3 Å². The number of hydrogen-bond donors (Lipinski definition) is 0. The number of hydrogen-bond acceptors (Lipinski definition) is 3. The van der Waals surface area contributed by atoms with Crippen molar-refractivity contribution in [2.75, 3.05) is 13.2 Å². The molecule has 0 aromatic heterocycles. The average molecular weight is 201 g/mol. The third-order valence-corrected chi connectivity index (χ3v) is 1.60. The molecule has 1 rings (SSSR count). The maximum atomic E-state index is 9.77. The van der Waals surface area contributed by atoms with E-state index in [9.17, 15) is 4.79 Å². The number of rotatable bonds is 5. The van der Waals surface area contributed by atoms with Crippen molar-refractivity contribution in [3.05, 3.63) is 29.3 Å². The van der Waals surface area contributed by atoms with E-state index in [1.54, 1.807) is 24.3 Å². The molecule has 0 saturated heterocycles. The smallest absolute Gasteiger partial charge is 0.293 e. The number of halogens is 1. The molecule has 0 bridgehead atoms. The molecule has 0 atom stereocenters. The van der Waals surface area contributed by atoms with Crippen molar-refractivity contribution in [1.29, 1.82) is 0 Å². The number of carbonyl (C=O) groups excluding carboxylic acids is 1. The largest absolute Gasteiger partial charge is 0.490 e. The minimum absolute atomic E-state index is 0.256. The maximum Gasteiger partial charge on any atom is 0.293 e. The first-order valence-corrected chi connectivity index (χ1v) is 4.14. The Morgan fingerprint density at radius 1 is 1.23 bits per heavy atom. The van der Waals surface area contributed by atoms with Crippen molar-refractivity contribution in [1.82, 2.24) is 0 Å². The van der Waals surface area contributed by atoms with Gasteiger partial charge in [0.1, 0.15) is 19.0 Å². The van der Waals surface area contributed by atoms with Gasteiger partial charge in [-0.15, -0.1) is 0 Å². The Morgan fingerprint density at radius 2 is 1.92 bits per heavy atom. The summed E-state index contributed by atoms with van der Waals surface area (Å²) < 4.78 is 9.67. The second-order valence-corrected chi connectivity index (χ2v) is 2.71. The van der Waals surface area contributed by atoms with E-state index in [0.29, 0.717) is 23.9 Å². The Balaban J connectivity index is 2.28. The number of ether oxygens (including phenoxy) is 2. The van der Waals surface area contributed by atoms with Gasteiger partial charge < -0.3 is 9.47 Å². The van der Waals surface area contributed by atoms with Gasteiger partial charge in [-0.1, -0.05) is 11.6 Å². The molecule has 0 aliphatic heterocycles. The topological polar surface area (TPSA) is 35.5 Å². The average Bonchev–Trinajstić information content (AvgIpc) is 2.15. The Labute approximate surface area is 81.2 Å². The van der Waals surface area contributed by atoms with Crippen molar-refractivity contribution >= 4 is 18.1 Å². The van der Waals surface area contributed by atoms with Gasteiger partial charge in [-0.25, -0.2) is 0 Å². The van der Waals surface area contributed by atoms with Gasteiger partial charge in [0.25, 0.3) is 6.47 Å². The van der Waals surface area contributed by atoms with Gasteiger partial charge >= 0.3 is 0 Å². The molecular formula is C9H9ClO3. The summed E-state index contributed by atoms with van der Waals surface area (Å²) >= 11 is 5.67. The van der Waals surface area contributed by atoms with E-state index < -0.39 is 0 Å². The van der Waals surface area contributed by atoms with Gasteiger partial charge in [0.2, 0.25) is 0 Å². The molecule has 0 spiro atoms. The molecule has 13 heavy (non-hydrogen) atoms. The lowest BCUT2D eigenvalue weighted by atomic mass is 10.3. The molecule has 70 valence electrons. The van der Waals surface area contributed by atoms with Gasteiger partial charge in [0, 0.05) is 5.02 Å². The summed E-state index contributed by atoms with van der Waals surface area (Å²) in [7, 11) is 0. The van der Waals surface area contributed by atoms with Crippen LogP contribution in [0.3, 0.4) is 0 Å². The molecule has 0 aliphatic rings. The quantitative estimate of drug-likeness (QED) is 0.538. The minimum Gasteiger partial charge on any atom is -0.490 e. The molecule has 0 unspecified atom stereocenters. The molecule has 0 aliphatic carbocycles. The maximum absolute atomic E-state index is 9.77. The van der Waals surface area contributed by atoms with E-state index in [1.807, 2.05) is 0 Å². The molecule has 0 heterocycles. The Kier molecular flexibility index (Phi) is 4.12. The number of carbonyl (C=O) groups is 1. The lowest BCUT2D eigenvalue weighted by Crippen LogP contribution is -2.05. The normalized spacial score (nSPS) is 9.31. The standard InChI is InChI=1S/C9H9ClO3/c10-8-1-3-9(4-2-8)13-6-5-12-7-11/h1-4,7H,5-6H2. The van der Waals surface area contributed by atoms with Crippen LogP contribution in [-0.4, -0.2) is 19.7 Å². The van der Waals surface area contributed by atoms with Gasteiger partial charge in [0.05, 0.1) is 0 Å². The van der Waals surface area contributed by atoms with Crippen molar-refractivity contribution < 1.29 is 14.3 Å². The summed E-state index contributed by atoms with van der Waals surface area (Å²) in [4.78, 5) is 9.77. The van der Waals surface area contributed by atoms with Crippen molar-refractivity contribution in [2.45, 2.75) is 0 Å². The first kappa shape index (κ1) is 9.86. The molecule has 0 radical (unpaired) electrons. The highest BCUT2D eigenvalue weighted by Crippen LogP contribution is 2.15. The van der Waals surface area contributed by atoms with Gasteiger partial charge in [-0.3, -0.25) is 4.79 Å². The van der Waals surface area contributed by atoms with Crippen LogP contribution in [-0.2, 0) is 9.53 Å². The van der Waals surface area contributed by atoms with Crippen LogP contribution >= 0.6 is 11.6 Å². The van der Waals surface area contributed by atoms with E-state index in [0.717, 1.165) is 0 Å². The molecular weight excluding hydrogens is 192 g/mol. The van der Waals surface area contributed by atoms with E-state index in [-0.39, 0.29) is 6.61 Å². The molecule has 0 amide bonds. The van der Waals surface area contributed by atoms with Gasteiger partial charge in [-0.05, 0) is 24.3 Å². The summed E-state index contributed by atoms with van der Waals surface area (Å²) in [6, 6.07) is 6.97. The second kappa shape index (κ2) is 5.43. The SMILES string of the molecule is O=COCCOc1ccc(Cl)cc1. The molecule has 0 N–H and O–H groups in total. The van der Waals surface area contributed by atoms with Crippen LogP contribution in [0, 0.1) is 0 Å². The van der Waals surface area contributed by atoms with Crippen molar-refractivity contribution in [3.8, 4) is 5.75 Å². The predicted octanol–water partition coefficient (Wildman–Crippen LogP) is 1.89. The highest BCUT2D eigenvalue weighted by molar-refractivity contribution is 6.30. The van der Waals surface area contributed by atoms with Crippen LogP contribution in [0.4, 0.5) is 0 Å². The summed E-state index contributed by atoms with van der Waals surface area (Å²) in [6.07, 6.45) is 0. The molecule has 1 aromatic rings. The lowest BCUT2D eigenvalue weighted by Gasteiger charge is -2.04. The minimum atomic E-state index is 0.256. The fourth-order valence-electron chi connectivity index (χ4n) is 0.787. The zero-order valence-corrected chi connectivity index (χ0v) is 7.66. The second-order valence-electron chi connectivity index (χ2n) is 2.27. The first-order valence-electron chi connectivity index (χ1n) is 3.76. The number of benzene rings is 1. The zero-order valence-electron chi connectivity index (χ0n) is 6.90. The van der Waals surface area contributed by atoms with Gasteiger partial charge in [-0.2, -0.15) is 0 Å². The summed E-state index contributed by atoms with van der Waals surface area (Å²) in [5.41, 5.74) is 0. The highest BCUT2D eigenvalue weighted by atomic mass is 35.5. The fraction of sp³-hybridized carbons (Fsp3) is 0.222. The zero-order chi connectivity index (χ0) is 9.52.